The van der Waals surface area contributed by atoms with Crippen molar-refractivity contribution in [1.82, 2.24) is 5.32 Å². The SMILES string of the molecule is CC/C=C\C/C=C\C/C=C\C/C=C\C/C=C\CCCCCC(=O)OCC(COP(=O)(O)OCCNC)OC(=O)CCCCCCCCCCCCC/C=C\CCCCCCCC. The second-order valence-corrected chi connectivity index (χ2v) is 17.7. The smallest absolute Gasteiger partial charge is 0.462 e. The second-order valence-electron chi connectivity index (χ2n) is 16.3. The fourth-order valence-corrected chi connectivity index (χ4v) is 7.33. The highest BCUT2D eigenvalue weighted by atomic mass is 31.2. The van der Waals surface area contributed by atoms with E-state index in [4.69, 9.17) is 18.5 Å². The van der Waals surface area contributed by atoms with Crippen molar-refractivity contribution < 1.29 is 37.6 Å². The van der Waals surface area contributed by atoms with Crippen molar-refractivity contribution in [2.45, 2.75) is 213 Å². The van der Waals surface area contributed by atoms with E-state index in [0.717, 1.165) is 70.6 Å². The number of hydrogen-bond donors (Lipinski definition) is 2. The van der Waals surface area contributed by atoms with Gasteiger partial charge in [-0.25, -0.2) is 4.57 Å². The molecule has 0 saturated carbocycles. The van der Waals surface area contributed by atoms with Gasteiger partial charge in [0.25, 0.3) is 0 Å². The van der Waals surface area contributed by atoms with Crippen molar-refractivity contribution in [3.05, 3.63) is 72.9 Å². The van der Waals surface area contributed by atoms with Crippen molar-refractivity contribution in [2.24, 2.45) is 0 Å². The number of hydrogen-bond acceptors (Lipinski definition) is 8. The number of phosphoric acid groups is 1. The number of unbranched alkanes of at least 4 members (excludes halogenated alkanes) is 20. The monoisotopic (exact) mass is 890 g/mol. The first kappa shape index (κ1) is 59.5. The number of carbonyl (C=O) groups is 2. The average Bonchev–Trinajstić information content (AvgIpc) is 3.26. The molecule has 2 atom stereocenters. The highest BCUT2D eigenvalue weighted by Crippen LogP contribution is 2.43. The van der Waals surface area contributed by atoms with Crippen LogP contribution in [0.3, 0.4) is 0 Å². The Morgan fingerprint density at radius 2 is 0.919 bits per heavy atom. The van der Waals surface area contributed by atoms with E-state index in [1.54, 1.807) is 7.05 Å². The van der Waals surface area contributed by atoms with Crippen molar-refractivity contribution in [2.75, 3.05) is 33.4 Å². The van der Waals surface area contributed by atoms with Crippen molar-refractivity contribution in [3.63, 3.8) is 0 Å². The third-order valence-corrected chi connectivity index (χ3v) is 11.3. The second kappa shape index (κ2) is 47.9. The van der Waals surface area contributed by atoms with Crippen LogP contribution in [-0.2, 0) is 32.7 Å². The number of carbonyl (C=O) groups excluding carboxylic acids is 2. The molecule has 0 aliphatic heterocycles. The van der Waals surface area contributed by atoms with Gasteiger partial charge in [-0.1, -0.05) is 183 Å². The molecule has 0 radical (unpaired) electrons. The van der Waals surface area contributed by atoms with Crippen LogP contribution in [0.25, 0.3) is 0 Å². The molecule has 2 N–H and O–H groups in total. The van der Waals surface area contributed by atoms with Crippen LogP contribution in [0.2, 0.25) is 0 Å². The van der Waals surface area contributed by atoms with Gasteiger partial charge in [-0.3, -0.25) is 18.6 Å². The summed E-state index contributed by atoms with van der Waals surface area (Å²) in [5.41, 5.74) is 0. The van der Waals surface area contributed by atoms with Crippen LogP contribution >= 0.6 is 7.82 Å². The van der Waals surface area contributed by atoms with E-state index in [0.29, 0.717) is 19.4 Å². The van der Waals surface area contributed by atoms with Crippen molar-refractivity contribution in [3.8, 4) is 0 Å². The minimum Gasteiger partial charge on any atom is -0.462 e. The van der Waals surface area contributed by atoms with Gasteiger partial charge in [-0.15, -0.1) is 0 Å². The maximum Gasteiger partial charge on any atom is 0.472 e. The quantitative estimate of drug-likeness (QED) is 0.0266. The zero-order valence-electron chi connectivity index (χ0n) is 39.8. The number of phosphoric ester groups is 1. The van der Waals surface area contributed by atoms with Crippen molar-refractivity contribution in [1.29, 1.82) is 0 Å². The highest BCUT2D eigenvalue weighted by Gasteiger charge is 2.26. The number of likely N-dealkylation sites (N-methyl/N-ethyl adjacent to an activating group) is 1. The molecule has 10 heteroatoms. The number of nitrogens with one attached hydrogen (secondary N) is 1. The normalized spacial score (nSPS) is 13.8. The molecule has 2 unspecified atom stereocenters. The van der Waals surface area contributed by atoms with E-state index in [1.807, 2.05) is 0 Å². The third-order valence-electron chi connectivity index (χ3n) is 10.3. The summed E-state index contributed by atoms with van der Waals surface area (Å²) >= 11 is 0. The predicted octanol–water partition coefficient (Wildman–Crippen LogP) is 14.9. The Hall–Kier alpha value is -2.55. The maximum absolute atomic E-state index is 12.7. The van der Waals surface area contributed by atoms with E-state index in [1.165, 1.54) is 96.3 Å². The zero-order valence-corrected chi connectivity index (χ0v) is 40.7. The van der Waals surface area contributed by atoms with E-state index in [-0.39, 0.29) is 26.1 Å². The van der Waals surface area contributed by atoms with E-state index < -0.39 is 32.5 Å². The lowest BCUT2D eigenvalue weighted by Crippen LogP contribution is -2.29. The minimum atomic E-state index is -4.37. The third kappa shape index (κ3) is 46.9. The molecule has 0 aromatic carbocycles. The lowest BCUT2D eigenvalue weighted by Gasteiger charge is -2.20. The molecule has 9 nitrogen and oxygen atoms in total. The Morgan fingerprint density at radius 3 is 1.40 bits per heavy atom. The Balaban J connectivity index is 4.20. The molecular formula is C52H92NO8P. The molecule has 0 saturated heterocycles. The van der Waals surface area contributed by atoms with Gasteiger partial charge in [0, 0.05) is 19.4 Å². The van der Waals surface area contributed by atoms with Gasteiger partial charge in [-0.05, 0) is 90.5 Å². The van der Waals surface area contributed by atoms with Gasteiger partial charge in [0.05, 0.1) is 13.2 Å². The Morgan fingerprint density at radius 1 is 0.516 bits per heavy atom. The first-order chi connectivity index (χ1) is 30.3. The van der Waals surface area contributed by atoms with Crippen LogP contribution in [-0.4, -0.2) is 56.3 Å². The summed E-state index contributed by atoms with van der Waals surface area (Å²) in [5.74, 6) is -0.845. The first-order valence-corrected chi connectivity index (χ1v) is 26.4. The summed E-state index contributed by atoms with van der Waals surface area (Å²) in [4.78, 5) is 35.2. The summed E-state index contributed by atoms with van der Waals surface area (Å²) in [6.07, 6.45) is 58.1. The fraction of sp³-hybridized carbons (Fsp3) is 0.731. The van der Waals surface area contributed by atoms with Gasteiger partial charge in [0.1, 0.15) is 6.61 Å². The van der Waals surface area contributed by atoms with Crippen LogP contribution in [0.15, 0.2) is 72.9 Å². The molecule has 0 fully saturated rings. The van der Waals surface area contributed by atoms with E-state index in [9.17, 15) is 19.0 Å². The van der Waals surface area contributed by atoms with Crippen LogP contribution in [0, 0.1) is 0 Å². The van der Waals surface area contributed by atoms with Crippen LogP contribution in [0.4, 0.5) is 0 Å². The summed E-state index contributed by atoms with van der Waals surface area (Å²) in [7, 11) is -2.67. The first-order valence-electron chi connectivity index (χ1n) is 24.9. The molecule has 0 aromatic heterocycles. The van der Waals surface area contributed by atoms with Crippen molar-refractivity contribution >= 4 is 19.8 Å². The Labute approximate surface area is 380 Å². The summed E-state index contributed by atoms with van der Waals surface area (Å²) in [5, 5.41) is 2.83. The fourth-order valence-electron chi connectivity index (χ4n) is 6.57. The van der Waals surface area contributed by atoms with E-state index in [2.05, 4.69) is 92.1 Å². The molecule has 0 heterocycles. The van der Waals surface area contributed by atoms with Crippen LogP contribution < -0.4 is 5.32 Å². The minimum absolute atomic E-state index is 0.0255. The van der Waals surface area contributed by atoms with E-state index >= 15 is 0 Å². The Bertz CT molecular complexity index is 1240. The largest absolute Gasteiger partial charge is 0.472 e. The van der Waals surface area contributed by atoms with Gasteiger partial charge in [0.15, 0.2) is 6.10 Å². The molecule has 0 aromatic rings. The molecule has 0 aliphatic rings. The Kier molecular flexibility index (Phi) is 45.9. The number of rotatable bonds is 46. The summed E-state index contributed by atoms with van der Waals surface area (Å²) in [6.45, 7) is 4.08. The molecule has 0 rings (SSSR count). The zero-order chi connectivity index (χ0) is 45.3. The van der Waals surface area contributed by atoms with Gasteiger partial charge in [0.2, 0.25) is 0 Å². The van der Waals surface area contributed by atoms with Gasteiger partial charge < -0.3 is 19.7 Å². The topological polar surface area (TPSA) is 120 Å². The van der Waals surface area contributed by atoms with Gasteiger partial charge >= 0.3 is 19.8 Å². The van der Waals surface area contributed by atoms with Crippen LogP contribution in [0.5, 0.6) is 0 Å². The lowest BCUT2D eigenvalue weighted by molar-refractivity contribution is -0.161. The average molecular weight is 890 g/mol. The predicted molar refractivity (Wildman–Crippen MR) is 261 cm³/mol. The molecule has 358 valence electrons. The number of allylic oxidation sites excluding steroid dienone is 12. The molecule has 0 aliphatic carbocycles. The van der Waals surface area contributed by atoms with Crippen LogP contribution in [0.1, 0.15) is 206 Å². The highest BCUT2D eigenvalue weighted by molar-refractivity contribution is 7.47. The number of esters is 2. The molecule has 0 spiro atoms. The lowest BCUT2D eigenvalue weighted by atomic mass is 10.0. The standard InChI is InChI=1S/C52H92NO8P/c1-4-6-8-10-12-14-16-18-20-22-24-25-27-29-31-33-35-37-39-41-43-45-52(55)61-50(49-60-62(56,57)59-47-46-53-3)48-58-51(54)44-42-40-38-36-34-32-30-28-26-23-21-19-17-15-13-11-9-7-5-2/h7,9,13,15,18-21,26,28,32,34,50,53H,4-6,8,10-12,14,16-17,22-25,27,29-31,33,35-49H2,1-3H3,(H,56,57)/b9-7-,15-13-,20-18-,21-19-,28-26-,34-32-. The molecule has 62 heavy (non-hydrogen) atoms. The maximum atomic E-state index is 12.7. The summed E-state index contributed by atoms with van der Waals surface area (Å²) < 4.78 is 33.3. The summed E-state index contributed by atoms with van der Waals surface area (Å²) in [6, 6.07) is 0. The molecule has 0 bridgehead atoms. The van der Waals surface area contributed by atoms with Gasteiger partial charge in [-0.2, -0.15) is 0 Å². The molecule has 0 amide bonds. The number of ether oxygens (including phenoxy) is 2. The molecular weight excluding hydrogens is 798 g/mol.